The van der Waals surface area contributed by atoms with E-state index in [1.165, 1.54) is 19.1 Å². The normalized spacial score (nSPS) is 11.2. The Morgan fingerprint density at radius 1 is 1.10 bits per heavy atom. The van der Waals surface area contributed by atoms with Gasteiger partial charge in [0.05, 0.1) is 16.6 Å². The fraction of sp³-hybridized carbons (Fsp3) is 0.172. The van der Waals surface area contributed by atoms with Crippen LogP contribution in [0.15, 0.2) is 60.9 Å². The molecule has 0 radical (unpaired) electrons. The minimum atomic E-state index is -4.64. The molecule has 0 amide bonds. The van der Waals surface area contributed by atoms with Gasteiger partial charge in [-0.1, -0.05) is 12.0 Å². The second-order valence-electron chi connectivity index (χ2n) is 9.01. The van der Waals surface area contributed by atoms with Crippen LogP contribution in [-0.2, 0) is 24.4 Å². The SMILES string of the molecule is CC#CC(=O)Cc1ccc(Nc2nc3cc(Oc4ccnc(-c5ncc(C)[nH]5)c4)ccc3n2C)cc1C(F)(F)F. The van der Waals surface area contributed by atoms with Crippen molar-refractivity contribution in [3.8, 4) is 34.9 Å². The molecule has 0 aliphatic rings. The molecule has 0 aliphatic carbocycles. The largest absolute Gasteiger partial charge is 0.457 e. The van der Waals surface area contributed by atoms with E-state index < -0.39 is 23.9 Å². The molecule has 3 heterocycles. The van der Waals surface area contributed by atoms with E-state index in [0.717, 1.165) is 17.3 Å². The van der Waals surface area contributed by atoms with E-state index in [1.54, 1.807) is 48.3 Å². The minimum Gasteiger partial charge on any atom is -0.457 e. The van der Waals surface area contributed by atoms with E-state index in [1.807, 2.05) is 13.0 Å². The maximum absolute atomic E-state index is 13.8. The molecule has 0 bridgehead atoms. The molecule has 3 aromatic heterocycles. The first-order chi connectivity index (χ1) is 19.1. The van der Waals surface area contributed by atoms with E-state index in [9.17, 15) is 18.0 Å². The van der Waals surface area contributed by atoms with Crippen molar-refractivity contribution in [1.29, 1.82) is 0 Å². The van der Waals surface area contributed by atoms with Crippen LogP contribution in [0, 0.1) is 18.8 Å². The first-order valence-corrected chi connectivity index (χ1v) is 12.2. The smallest absolute Gasteiger partial charge is 0.416 e. The highest BCUT2D eigenvalue weighted by molar-refractivity contribution is 5.97. The van der Waals surface area contributed by atoms with Crippen molar-refractivity contribution >= 4 is 28.5 Å². The number of hydrogen-bond donors (Lipinski definition) is 2. The number of nitrogens with zero attached hydrogens (tertiary/aromatic N) is 4. The number of fused-ring (bicyclic) bond motifs is 1. The van der Waals surface area contributed by atoms with Crippen LogP contribution in [0.3, 0.4) is 0 Å². The number of nitrogens with one attached hydrogen (secondary N) is 2. The summed E-state index contributed by atoms with van der Waals surface area (Å²) in [7, 11) is 1.75. The molecule has 2 aromatic carbocycles. The van der Waals surface area contributed by atoms with Crippen LogP contribution >= 0.6 is 0 Å². The number of rotatable bonds is 7. The number of imidazole rings is 2. The van der Waals surface area contributed by atoms with Crippen molar-refractivity contribution < 1.29 is 22.7 Å². The average Bonchev–Trinajstić information content (AvgIpc) is 3.47. The van der Waals surface area contributed by atoms with Crippen molar-refractivity contribution in [2.45, 2.75) is 26.4 Å². The zero-order valence-electron chi connectivity index (χ0n) is 21.7. The number of Topliss-reactive ketones (excluding diaryl/α,β-unsaturated/α-hetero) is 1. The zero-order valence-corrected chi connectivity index (χ0v) is 21.7. The van der Waals surface area contributed by atoms with Gasteiger partial charge in [0, 0.05) is 49.4 Å². The quantitative estimate of drug-likeness (QED) is 0.183. The number of aryl methyl sites for hydroxylation is 2. The first-order valence-electron chi connectivity index (χ1n) is 12.2. The summed E-state index contributed by atoms with van der Waals surface area (Å²) in [5, 5.41) is 2.96. The molecule has 202 valence electrons. The Balaban J connectivity index is 1.39. The summed E-state index contributed by atoms with van der Waals surface area (Å²) in [5.41, 5.74) is 2.00. The van der Waals surface area contributed by atoms with Crippen LogP contribution in [0.4, 0.5) is 24.8 Å². The Bertz CT molecular complexity index is 1790. The van der Waals surface area contributed by atoms with E-state index in [2.05, 4.69) is 37.1 Å². The molecular formula is C29H23F3N6O2. The maximum Gasteiger partial charge on any atom is 0.416 e. The topological polar surface area (TPSA) is 97.7 Å². The number of carbonyl (C=O) groups is 1. The predicted molar refractivity (Wildman–Crippen MR) is 144 cm³/mol. The Labute approximate surface area is 227 Å². The number of halogens is 3. The van der Waals surface area contributed by atoms with Gasteiger partial charge in [-0.3, -0.25) is 9.78 Å². The number of hydrogen-bond acceptors (Lipinski definition) is 6. The lowest BCUT2D eigenvalue weighted by molar-refractivity contribution is -0.138. The highest BCUT2D eigenvalue weighted by atomic mass is 19.4. The van der Waals surface area contributed by atoms with Gasteiger partial charge in [-0.2, -0.15) is 13.2 Å². The van der Waals surface area contributed by atoms with Crippen LogP contribution in [0.1, 0.15) is 23.7 Å². The van der Waals surface area contributed by atoms with Crippen LogP contribution in [0.25, 0.3) is 22.6 Å². The van der Waals surface area contributed by atoms with Crippen molar-refractivity contribution in [1.82, 2.24) is 24.5 Å². The number of ether oxygens (including phenoxy) is 1. The number of pyridine rings is 1. The summed E-state index contributed by atoms with van der Waals surface area (Å²) in [6, 6.07) is 12.5. The lowest BCUT2D eigenvalue weighted by atomic mass is 10.0. The van der Waals surface area contributed by atoms with Crippen molar-refractivity contribution in [2.24, 2.45) is 7.05 Å². The lowest BCUT2D eigenvalue weighted by Gasteiger charge is -2.14. The summed E-state index contributed by atoms with van der Waals surface area (Å²) in [4.78, 5) is 28.2. The number of ketones is 1. The summed E-state index contributed by atoms with van der Waals surface area (Å²) >= 11 is 0. The van der Waals surface area contributed by atoms with Crippen molar-refractivity contribution in [3.63, 3.8) is 0 Å². The summed E-state index contributed by atoms with van der Waals surface area (Å²) in [5.74, 6) is 6.15. The number of aromatic nitrogens is 5. The third-order valence-corrected chi connectivity index (χ3v) is 6.05. The van der Waals surface area contributed by atoms with Crippen LogP contribution in [-0.4, -0.2) is 30.3 Å². The van der Waals surface area contributed by atoms with Gasteiger partial charge >= 0.3 is 6.18 Å². The predicted octanol–water partition coefficient (Wildman–Crippen LogP) is 6.36. The Morgan fingerprint density at radius 2 is 1.90 bits per heavy atom. The van der Waals surface area contributed by atoms with Gasteiger partial charge < -0.3 is 19.6 Å². The van der Waals surface area contributed by atoms with E-state index in [0.29, 0.717) is 34.5 Å². The monoisotopic (exact) mass is 544 g/mol. The van der Waals surface area contributed by atoms with E-state index >= 15 is 0 Å². The third kappa shape index (κ3) is 5.66. The van der Waals surface area contributed by atoms with E-state index in [-0.39, 0.29) is 11.3 Å². The number of carbonyl (C=O) groups excluding carboxylic acids is 1. The van der Waals surface area contributed by atoms with Gasteiger partial charge in [0.25, 0.3) is 0 Å². The molecule has 11 heteroatoms. The Hall–Kier alpha value is -5.11. The van der Waals surface area contributed by atoms with Crippen molar-refractivity contribution in [2.75, 3.05) is 5.32 Å². The molecule has 0 unspecified atom stereocenters. The minimum absolute atomic E-state index is 0.140. The highest BCUT2D eigenvalue weighted by Gasteiger charge is 2.34. The molecule has 5 aromatic rings. The fourth-order valence-corrected chi connectivity index (χ4v) is 4.20. The lowest BCUT2D eigenvalue weighted by Crippen LogP contribution is -2.12. The van der Waals surface area contributed by atoms with Gasteiger partial charge in [0.1, 0.15) is 17.2 Å². The molecule has 0 spiro atoms. The molecule has 0 saturated heterocycles. The molecule has 0 fully saturated rings. The molecule has 5 rings (SSSR count). The molecule has 0 saturated carbocycles. The molecular weight excluding hydrogens is 521 g/mol. The van der Waals surface area contributed by atoms with Crippen LogP contribution < -0.4 is 10.1 Å². The molecule has 0 atom stereocenters. The summed E-state index contributed by atoms with van der Waals surface area (Å²) in [6.07, 6.45) is -1.73. The molecule has 40 heavy (non-hydrogen) atoms. The van der Waals surface area contributed by atoms with Gasteiger partial charge in [0.2, 0.25) is 11.7 Å². The highest BCUT2D eigenvalue weighted by Crippen LogP contribution is 2.35. The maximum atomic E-state index is 13.8. The van der Waals surface area contributed by atoms with Gasteiger partial charge in [-0.25, -0.2) is 9.97 Å². The van der Waals surface area contributed by atoms with Crippen LogP contribution in [0.5, 0.6) is 11.5 Å². The summed E-state index contributed by atoms with van der Waals surface area (Å²) < 4.78 is 49.1. The first kappa shape index (κ1) is 26.5. The number of alkyl halides is 3. The second kappa shape index (κ2) is 10.6. The third-order valence-electron chi connectivity index (χ3n) is 6.05. The number of benzene rings is 2. The fourth-order valence-electron chi connectivity index (χ4n) is 4.20. The Morgan fingerprint density at radius 3 is 2.62 bits per heavy atom. The Kier molecular flexibility index (Phi) is 7.00. The summed E-state index contributed by atoms with van der Waals surface area (Å²) in [6.45, 7) is 3.36. The molecule has 0 aliphatic heterocycles. The average molecular weight is 545 g/mol. The van der Waals surface area contributed by atoms with Gasteiger partial charge in [0.15, 0.2) is 5.82 Å². The zero-order chi connectivity index (χ0) is 28.4. The molecule has 2 N–H and O–H groups in total. The van der Waals surface area contributed by atoms with Gasteiger partial charge in [-0.05, 0) is 55.7 Å². The second-order valence-corrected chi connectivity index (χ2v) is 9.01. The number of aromatic amines is 1. The standard InChI is InChI=1S/C29H23F3N6O2/c1-4-5-20(39)12-18-6-7-19(13-23(18)29(30,31)32)36-28-37-24-14-21(8-9-26(24)38(28)3)40-22-10-11-33-25(15-22)27-34-16-17(2)35-27/h6-11,13-16H,12H2,1-3H3,(H,34,35)(H,36,37). The number of H-pyrrole nitrogens is 1. The molecule has 8 nitrogen and oxygen atoms in total. The van der Waals surface area contributed by atoms with E-state index in [4.69, 9.17) is 4.74 Å². The van der Waals surface area contributed by atoms with Gasteiger partial charge in [-0.15, -0.1) is 0 Å². The number of anilines is 2. The van der Waals surface area contributed by atoms with Crippen molar-refractivity contribution in [3.05, 3.63) is 77.7 Å². The van der Waals surface area contributed by atoms with Crippen LogP contribution in [0.2, 0.25) is 0 Å².